The molecule has 0 aliphatic heterocycles. The molecule has 17 nitrogen and oxygen atoms in total. The average molecular weight is 1410 g/mol. The van der Waals surface area contributed by atoms with E-state index < -0.39 is 97.5 Å². The van der Waals surface area contributed by atoms with Crippen molar-refractivity contribution in [1.29, 1.82) is 0 Å². The number of ether oxygens (including phenoxy) is 4. The molecule has 3 N–H and O–H groups in total. The molecule has 0 saturated heterocycles. The Labute approximate surface area is 588 Å². The Kier molecular flexibility index (Phi) is 67.4. The minimum atomic E-state index is -4.96. The van der Waals surface area contributed by atoms with E-state index in [9.17, 15) is 43.2 Å². The summed E-state index contributed by atoms with van der Waals surface area (Å²) in [5.41, 5.74) is 0. The lowest BCUT2D eigenvalue weighted by Gasteiger charge is -2.21. The predicted octanol–water partition coefficient (Wildman–Crippen LogP) is 22.7. The van der Waals surface area contributed by atoms with Crippen LogP contribution in [0.25, 0.3) is 0 Å². The Morgan fingerprint density at radius 1 is 0.281 bits per heavy atom. The standard InChI is InChI=1S/C77H150O17P2/c1-7-9-11-13-15-17-19-21-26-30-34-41-47-53-59-74(79)87-65-72(93-77(82)62-56-50-44-36-32-28-24-23-25-29-33-39-45-51-57-69(3)4)67-91-95(83,84)89-63-71(78)64-90-96(85,86)92-68-73(66-88-75(80)60-54-48-42-38-37-40-46-52-58-70(5)6)94-76(81)61-55-49-43-35-31-27-22-20-18-16-14-12-10-8-2/h69-73,78H,7-68H2,1-6H3,(H,83,84)(H,85,86)/t71-,72-,73-/m1/s1. The number of phosphoric acid groups is 2. The predicted molar refractivity (Wildman–Crippen MR) is 391 cm³/mol. The molecule has 0 saturated carbocycles. The van der Waals surface area contributed by atoms with Crippen LogP contribution in [-0.2, 0) is 65.4 Å². The molecule has 0 heterocycles. The number of aliphatic hydroxyl groups excluding tert-OH is 1. The molecule has 19 heteroatoms. The van der Waals surface area contributed by atoms with Crippen molar-refractivity contribution in [3.05, 3.63) is 0 Å². The van der Waals surface area contributed by atoms with Crippen LogP contribution in [0.2, 0.25) is 0 Å². The minimum absolute atomic E-state index is 0.107. The van der Waals surface area contributed by atoms with E-state index in [0.717, 1.165) is 102 Å². The van der Waals surface area contributed by atoms with Gasteiger partial charge >= 0.3 is 39.5 Å². The largest absolute Gasteiger partial charge is 0.472 e. The summed E-state index contributed by atoms with van der Waals surface area (Å²) in [7, 11) is -9.91. The smallest absolute Gasteiger partial charge is 0.462 e. The van der Waals surface area contributed by atoms with E-state index in [1.165, 1.54) is 218 Å². The molecular weight excluding hydrogens is 1260 g/mol. The Hall–Kier alpha value is -1.94. The Bertz CT molecular complexity index is 1860. The van der Waals surface area contributed by atoms with E-state index in [-0.39, 0.29) is 25.7 Å². The van der Waals surface area contributed by atoms with Crippen LogP contribution >= 0.6 is 15.6 Å². The highest BCUT2D eigenvalue weighted by atomic mass is 31.2. The molecular formula is C77H150O17P2. The molecule has 0 aromatic carbocycles. The lowest BCUT2D eigenvalue weighted by molar-refractivity contribution is -0.161. The monoisotopic (exact) mass is 1410 g/mol. The van der Waals surface area contributed by atoms with E-state index in [1.807, 2.05) is 0 Å². The fourth-order valence-electron chi connectivity index (χ4n) is 11.8. The second-order valence-corrected chi connectivity index (χ2v) is 31.6. The van der Waals surface area contributed by atoms with Gasteiger partial charge in [-0.15, -0.1) is 0 Å². The normalized spacial score (nSPS) is 14.0. The van der Waals surface area contributed by atoms with E-state index >= 15 is 0 Å². The quantitative estimate of drug-likeness (QED) is 0.0222. The topological polar surface area (TPSA) is 237 Å². The number of aliphatic hydroxyl groups is 1. The van der Waals surface area contributed by atoms with Gasteiger partial charge in [-0.1, -0.05) is 350 Å². The van der Waals surface area contributed by atoms with Gasteiger partial charge in [0.15, 0.2) is 12.2 Å². The first-order valence-corrected chi connectivity index (χ1v) is 43.0. The molecule has 0 radical (unpaired) electrons. The molecule has 0 fully saturated rings. The molecule has 0 spiro atoms. The number of unbranched alkanes of at least 4 members (excludes halogenated alkanes) is 46. The van der Waals surface area contributed by atoms with Gasteiger partial charge in [-0.2, -0.15) is 0 Å². The van der Waals surface area contributed by atoms with Crippen molar-refractivity contribution < 1.29 is 80.2 Å². The Balaban J connectivity index is 5.26. The zero-order chi connectivity index (χ0) is 70.7. The maximum Gasteiger partial charge on any atom is 0.472 e. The summed E-state index contributed by atoms with van der Waals surface area (Å²) in [6, 6.07) is 0. The van der Waals surface area contributed by atoms with Crippen LogP contribution in [0.4, 0.5) is 0 Å². The van der Waals surface area contributed by atoms with Gasteiger partial charge in [-0.05, 0) is 37.5 Å². The molecule has 5 atom stereocenters. The van der Waals surface area contributed by atoms with Gasteiger partial charge in [0.1, 0.15) is 19.3 Å². The summed E-state index contributed by atoms with van der Waals surface area (Å²) in [5.74, 6) is -0.590. The molecule has 0 amide bonds. The molecule has 0 rings (SSSR count). The molecule has 2 unspecified atom stereocenters. The minimum Gasteiger partial charge on any atom is -0.462 e. The number of hydrogen-bond acceptors (Lipinski definition) is 15. The highest BCUT2D eigenvalue weighted by molar-refractivity contribution is 7.47. The fraction of sp³-hybridized carbons (Fsp3) is 0.948. The maximum atomic E-state index is 13.1. The van der Waals surface area contributed by atoms with Gasteiger partial charge in [0.25, 0.3) is 0 Å². The highest BCUT2D eigenvalue weighted by Crippen LogP contribution is 2.45. The molecule has 0 aliphatic rings. The number of esters is 4. The molecule has 570 valence electrons. The van der Waals surface area contributed by atoms with E-state index in [4.69, 9.17) is 37.0 Å². The first kappa shape index (κ1) is 94.1. The molecule has 96 heavy (non-hydrogen) atoms. The first-order chi connectivity index (χ1) is 46.4. The summed E-state index contributed by atoms with van der Waals surface area (Å²) in [5, 5.41) is 10.6. The molecule has 0 bridgehead atoms. The lowest BCUT2D eigenvalue weighted by Crippen LogP contribution is -2.30. The summed E-state index contributed by atoms with van der Waals surface area (Å²) >= 11 is 0. The number of phosphoric ester groups is 2. The second kappa shape index (κ2) is 68.8. The van der Waals surface area contributed by atoms with Gasteiger partial charge < -0.3 is 33.8 Å². The first-order valence-electron chi connectivity index (χ1n) is 40.0. The van der Waals surface area contributed by atoms with Crippen LogP contribution in [0.15, 0.2) is 0 Å². The number of carbonyl (C=O) groups excluding carboxylic acids is 4. The highest BCUT2D eigenvalue weighted by Gasteiger charge is 2.30. The van der Waals surface area contributed by atoms with Gasteiger partial charge in [0, 0.05) is 25.7 Å². The van der Waals surface area contributed by atoms with Crippen molar-refractivity contribution in [2.45, 2.75) is 419 Å². The van der Waals surface area contributed by atoms with Crippen LogP contribution in [0, 0.1) is 11.8 Å². The third kappa shape index (κ3) is 70.5. The number of carbonyl (C=O) groups is 4. The average Bonchev–Trinajstić information content (AvgIpc) is 1.19. The summed E-state index contributed by atoms with van der Waals surface area (Å²) in [6.07, 6.45) is 56.7. The zero-order valence-corrected chi connectivity index (χ0v) is 64.5. The van der Waals surface area contributed by atoms with Crippen LogP contribution in [-0.4, -0.2) is 96.7 Å². The van der Waals surface area contributed by atoms with E-state index in [1.54, 1.807) is 0 Å². The van der Waals surface area contributed by atoms with Crippen LogP contribution in [0.1, 0.15) is 401 Å². The molecule has 0 aliphatic carbocycles. The third-order valence-corrected chi connectivity index (χ3v) is 19.9. The van der Waals surface area contributed by atoms with Crippen molar-refractivity contribution in [1.82, 2.24) is 0 Å². The summed E-state index contributed by atoms with van der Waals surface area (Å²) in [6.45, 7) is 9.60. The molecule has 0 aromatic rings. The van der Waals surface area contributed by atoms with Gasteiger partial charge in [-0.25, -0.2) is 9.13 Å². The van der Waals surface area contributed by atoms with Crippen LogP contribution in [0.5, 0.6) is 0 Å². The van der Waals surface area contributed by atoms with Crippen molar-refractivity contribution in [2.75, 3.05) is 39.6 Å². The van der Waals surface area contributed by atoms with Crippen molar-refractivity contribution in [3.63, 3.8) is 0 Å². The van der Waals surface area contributed by atoms with Crippen molar-refractivity contribution >= 4 is 39.5 Å². The van der Waals surface area contributed by atoms with Crippen LogP contribution < -0.4 is 0 Å². The van der Waals surface area contributed by atoms with Gasteiger partial charge in [0.2, 0.25) is 0 Å². The van der Waals surface area contributed by atoms with Gasteiger partial charge in [-0.3, -0.25) is 37.3 Å². The van der Waals surface area contributed by atoms with E-state index in [0.29, 0.717) is 25.7 Å². The summed E-state index contributed by atoms with van der Waals surface area (Å²) < 4.78 is 68.6. The van der Waals surface area contributed by atoms with Crippen LogP contribution in [0.3, 0.4) is 0 Å². The fourth-order valence-corrected chi connectivity index (χ4v) is 13.4. The number of hydrogen-bond donors (Lipinski definition) is 3. The maximum absolute atomic E-state index is 13.1. The number of rotatable bonds is 76. The Morgan fingerprint density at radius 2 is 0.479 bits per heavy atom. The van der Waals surface area contributed by atoms with Crippen molar-refractivity contribution in [3.8, 4) is 0 Å². The van der Waals surface area contributed by atoms with E-state index in [2.05, 4.69) is 41.5 Å². The van der Waals surface area contributed by atoms with Crippen molar-refractivity contribution in [2.24, 2.45) is 11.8 Å². The lowest BCUT2D eigenvalue weighted by atomic mass is 10.0. The second-order valence-electron chi connectivity index (χ2n) is 28.7. The SMILES string of the molecule is CCCCCCCCCCCCCCCCC(=O)OC[C@H](COP(=O)(O)OC[C@@H](O)COP(=O)(O)OC[C@@H](COC(=O)CCCCCCCCCCC(C)C)OC(=O)CCCCCCCCCCCCCCCC)OC(=O)CCCCCCCCCCCCCCCCC(C)C. The third-order valence-electron chi connectivity index (χ3n) is 18.0. The summed E-state index contributed by atoms with van der Waals surface area (Å²) in [4.78, 5) is 72.9. The zero-order valence-electron chi connectivity index (χ0n) is 62.7. The van der Waals surface area contributed by atoms with Gasteiger partial charge in [0.05, 0.1) is 26.4 Å². The Morgan fingerprint density at radius 3 is 0.708 bits per heavy atom. The molecule has 0 aromatic heterocycles.